The molecule has 0 unspecified atom stereocenters. The normalized spacial score (nSPS) is 11.8. The Hall–Kier alpha value is -4.67. The number of nitrogens with zero attached hydrogens (tertiary/aromatic N) is 4. The van der Waals surface area contributed by atoms with Crippen molar-refractivity contribution < 1.29 is 16.5 Å². The molecule has 0 fully saturated rings. The summed E-state index contributed by atoms with van der Waals surface area (Å²) in [4.78, 5) is 20.4. The Bertz CT molecular complexity index is 1810. The van der Waals surface area contributed by atoms with Gasteiger partial charge >= 0.3 is 16.5 Å². The first-order valence-electron chi connectivity index (χ1n) is 14.1. The number of anilines is 1. The first kappa shape index (κ1) is 27.5. The van der Waals surface area contributed by atoms with Crippen molar-refractivity contribution in [2.45, 2.75) is 19.8 Å². The van der Waals surface area contributed by atoms with Crippen molar-refractivity contribution in [3.63, 3.8) is 0 Å². The van der Waals surface area contributed by atoms with Crippen LogP contribution < -0.4 is 15.3 Å². The molecule has 0 aliphatic carbocycles. The molecular formula is C36H29N5Ni. The number of aromatic nitrogens is 4. The Morgan fingerprint density at radius 1 is 0.595 bits per heavy atom. The average Bonchev–Trinajstić information content (AvgIpc) is 3.83. The fourth-order valence-corrected chi connectivity index (χ4v) is 5.39. The molecule has 0 atom stereocenters. The van der Waals surface area contributed by atoms with E-state index in [1.807, 2.05) is 30.4 Å². The number of unbranched alkanes of at least 4 members (excludes halogenated alkanes) is 1. The van der Waals surface area contributed by atoms with Crippen molar-refractivity contribution in [3.8, 4) is 22.3 Å². The maximum Gasteiger partial charge on any atom is 2.00 e. The van der Waals surface area contributed by atoms with E-state index < -0.39 is 0 Å². The van der Waals surface area contributed by atoms with Crippen LogP contribution in [0.2, 0.25) is 0 Å². The van der Waals surface area contributed by atoms with Crippen LogP contribution in [-0.4, -0.2) is 16.5 Å². The van der Waals surface area contributed by atoms with Gasteiger partial charge in [-0.1, -0.05) is 98.3 Å². The second-order valence-electron chi connectivity index (χ2n) is 10.2. The number of fused-ring (bicyclic) bond motifs is 8. The molecule has 0 saturated carbocycles. The van der Waals surface area contributed by atoms with Crippen LogP contribution in [0.3, 0.4) is 0 Å². The van der Waals surface area contributed by atoms with Crippen molar-refractivity contribution in [2.24, 2.45) is 0 Å². The molecule has 2 aliphatic heterocycles. The summed E-state index contributed by atoms with van der Waals surface area (Å²) in [6, 6.07) is 31.1. The minimum absolute atomic E-state index is 0. The van der Waals surface area contributed by atoms with Crippen molar-refractivity contribution in [1.29, 1.82) is 0 Å². The Labute approximate surface area is 255 Å². The van der Waals surface area contributed by atoms with Crippen molar-refractivity contribution in [2.75, 3.05) is 11.9 Å². The summed E-state index contributed by atoms with van der Waals surface area (Å²) in [6.45, 7) is 3.04. The monoisotopic (exact) mass is 589 g/mol. The van der Waals surface area contributed by atoms with Gasteiger partial charge in [-0.05, 0) is 59.0 Å². The molecule has 42 heavy (non-hydrogen) atoms. The summed E-state index contributed by atoms with van der Waals surface area (Å²) in [5.41, 5.74) is 12.1. The third-order valence-electron chi connectivity index (χ3n) is 7.39. The van der Waals surface area contributed by atoms with Crippen LogP contribution in [0.25, 0.3) is 68.6 Å². The van der Waals surface area contributed by atoms with E-state index >= 15 is 0 Å². The molecule has 7 rings (SSSR count). The van der Waals surface area contributed by atoms with Crippen LogP contribution >= 0.6 is 0 Å². The van der Waals surface area contributed by atoms with E-state index in [-0.39, 0.29) is 16.5 Å². The standard InChI is InChI=1S/C36H29N5.Ni/c1-2-3-22-37-36-32-20-18-30(40-32)34(24-10-6-4-7-11-24)28-16-14-26(38-28)23-27-15-17-29(39-27)35(25-12-8-5-9-13-25)31-19-21-33(36)41-31;/h4-21,23,37H,2-3,22H2,1H3;/q-2;+2. The zero-order valence-electron chi connectivity index (χ0n) is 23.2. The van der Waals surface area contributed by atoms with E-state index in [0.29, 0.717) is 0 Å². The van der Waals surface area contributed by atoms with Crippen molar-refractivity contribution >= 4 is 52.1 Å². The van der Waals surface area contributed by atoms with E-state index in [4.69, 9.17) is 19.9 Å². The van der Waals surface area contributed by atoms with E-state index in [1.165, 1.54) is 0 Å². The van der Waals surface area contributed by atoms with Gasteiger partial charge in [-0.15, -0.1) is 22.1 Å². The molecule has 0 saturated heterocycles. The van der Waals surface area contributed by atoms with Gasteiger partial charge in [-0.2, -0.15) is 0 Å². The Balaban J connectivity index is 0.00000316. The molecular weight excluding hydrogens is 561 g/mol. The van der Waals surface area contributed by atoms with Gasteiger partial charge in [0, 0.05) is 12.2 Å². The molecule has 0 spiro atoms. The van der Waals surface area contributed by atoms with E-state index in [0.717, 1.165) is 92.2 Å². The minimum atomic E-state index is 0. The second kappa shape index (κ2) is 12.1. The predicted molar refractivity (Wildman–Crippen MR) is 171 cm³/mol. The van der Waals surface area contributed by atoms with Crippen LogP contribution in [0.1, 0.15) is 42.5 Å². The van der Waals surface area contributed by atoms with Gasteiger partial charge in [0.25, 0.3) is 0 Å². The van der Waals surface area contributed by atoms with Crippen LogP contribution in [0, 0.1) is 0 Å². The van der Waals surface area contributed by atoms with Gasteiger partial charge in [0.05, 0.1) is 22.8 Å². The number of benzene rings is 2. The summed E-state index contributed by atoms with van der Waals surface area (Å²) in [5.74, 6) is 0. The first-order chi connectivity index (χ1) is 20.3. The summed E-state index contributed by atoms with van der Waals surface area (Å²) in [6.07, 6.45) is 10.4. The van der Waals surface area contributed by atoms with Gasteiger partial charge in [-0.3, -0.25) is 0 Å². The van der Waals surface area contributed by atoms with Crippen molar-refractivity contribution in [3.05, 3.63) is 114 Å². The Morgan fingerprint density at radius 3 is 1.55 bits per heavy atom. The molecule has 208 valence electrons. The molecule has 3 aromatic heterocycles. The molecule has 8 bridgehead atoms. The quantitative estimate of drug-likeness (QED) is 0.156. The second-order valence-corrected chi connectivity index (χ2v) is 10.2. The number of hydrogen-bond donors (Lipinski definition) is 1. The van der Waals surface area contributed by atoms with Crippen LogP contribution in [0.4, 0.5) is 5.69 Å². The summed E-state index contributed by atoms with van der Waals surface area (Å²) < 4.78 is 0. The van der Waals surface area contributed by atoms with Gasteiger partial charge in [-0.25, -0.2) is 9.97 Å². The van der Waals surface area contributed by atoms with Crippen molar-refractivity contribution in [1.82, 2.24) is 19.9 Å². The van der Waals surface area contributed by atoms with Gasteiger partial charge in [0.15, 0.2) is 0 Å². The Morgan fingerprint density at radius 2 is 1.07 bits per heavy atom. The fraction of sp³-hybridized carbons (Fsp3) is 0.111. The van der Waals surface area contributed by atoms with E-state index in [1.54, 1.807) is 0 Å². The first-order valence-corrected chi connectivity index (χ1v) is 14.1. The molecule has 2 aliphatic rings. The Kier molecular flexibility index (Phi) is 7.90. The molecule has 2 aromatic carbocycles. The van der Waals surface area contributed by atoms with Gasteiger partial charge < -0.3 is 15.3 Å². The third-order valence-corrected chi connectivity index (χ3v) is 7.39. The number of nitrogens with one attached hydrogen (secondary N) is 1. The molecule has 5 aromatic rings. The minimum Gasteiger partial charge on any atom is -0.656 e. The molecule has 5 heterocycles. The number of rotatable bonds is 6. The summed E-state index contributed by atoms with van der Waals surface area (Å²) in [5, 5.41) is 3.66. The van der Waals surface area contributed by atoms with Gasteiger partial charge in [0.1, 0.15) is 0 Å². The molecule has 1 N–H and O–H groups in total. The number of hydrogen-bond acceptors (Lipinski definition) is 3. The molecule has 0 radical (unpaired) electrons. The molecule has 6 heteroatoms. The maximum atomic E-state index is 5.17. The zero-order chi connectivity index (χ0) is 27.6. The fourth-order valence-electron chi connectivity index (χ4n) is 5.39. The SMILES string of the molecule is CCCCNc1c2ccc([n-]2)c(-c2ccccc2)c2nc(cc3nc(c(-c4ccccc4)c4ccc1[n-]4)C=C3)C=C2.[Ni+2]. The maximum absolute atomic E-state index is 5.17. The summed E-state index contributed by atoms with van der Waals surface area (Å²) >= 11 is 0. The molecule has 0 amide bonds. The largest absolute Gasteiger partial charge is 2.00 e. The molecule has 5 nitrogen and oxygen atoms in total. The van der Waals surface area contributed by atoms with Crippen LogP contribution in [0.15, 0.2) is 91.0 Å². The van der Waals surface area contributed by atoms with Crippen LogP contribution in [-0.2, 0) is 16.5 Å². The van der Waals surface area contributed by atoms with Crippen LogP contribution in [0.5, 0.6) is 0 Å². The third kappa shape index (κ3) is 5.34. The predicted octanol–water partition coefficient (Wildman–Crippen LogP) is 8.46. The topological polar surface area (TPSA) is 66.0 Å². The zero-order valence-corrected chi connectivity index (χ0v) is 24.2. The summed E-state index contributed by atoms with van der Waals surface area (Å²) in [7, 11) is 0. The smallest absolute Gasteiger partial charge is 0.656 e. The van der Waals surface area contributed by atoms with E-state index in [2.05, 4.69) is 97.2 Å². The van der Waals surface area contributed by atoms with E-state index in [9.17, 15) is 0 Å². The average molecular weight is 590 g/mol. The van der Waals surface area contributed by atoms with Gasteiger partial charge in [0.2, 0.25) is 0 Å².